The van der Waals surface area contributed by atoms with E-state index >= 15 is 0 Å². The zero-order valence-corrected chi connectivity index (χ0v) is 17.3. The van der Waals surface area contributed by atoms with Gasteiger partial charge in [-0.15, -0.1) is 0 Å². The number of rotatable bonds is 4. The second kappa shape index (κ2) is 8.93. The van der Waals surface area contributed by atoms with Crippen LogP contribution >= 0.6 is 11.6 Å². The Morgan fingerprint density at radius 2 is 1.81 bits per heavy atom. The number of fused-ring (bicyclic) bond motifs is 1. The lowest BCUT2D eigenvalue weighted by atomic mass is 10.2. The van der Waals surface area contributed by atoms with Crippen molar-refractivity contribution in [2.75, 3.05) is 13.2 Å². The van der Waals surface area contributed by atoms with Gasteiger partial charge in [-0.2, -0.15) is 5.10 Å². The molecule has 8 nitrogen and oxygen atoms in total. The normalized spacial score (nSPS) is 12.6. The fourth-order valence-electron chi connectivity index (χ4n) is 3.02. The number of hydrogen-bond donors (Lipinski definition) is 2. The minimum absolute atomic E-state index is 0.330. The van der Waals surface area contributed by atoms with E-state index in [2.05, 4.69) is 16.0 Å². The molecule has 9 heteroatoms. The lowest BCUT2D eigenvalue weighted by Crippen LogP contribution is -2.40. The Morgan fingerprint density at radius 3 is 2.58 bits per heavy atom. The quantitative estimate of drug-likeness (QED) is 0.482. The summed E-state index contributed by atoms with van der Waals surface area (Å²) >= 11 is 6.44. The summed E-state index contributed by atoms with van der Waals surface area (Å²) in [6, 6.07) is 14.2. The molecule has 2 N–H and O–H groups in total. The fraction of sp³-hybridized carbons (Fsp3) is 0.136. The number of aryl methyl sites for hydroxylation is 1. The summed E-state index contributed by atoms with van der Waals surface area (Å²) in [5.41, 5.74) is 7.12. The van der Waals surface area contributed by atoms with Gasteiger partial charge in [0.25, 0.3) is 11.8 Å². The Bertz CT molecular complexity index is 1160. The van der Waals surface area contributed by atoms with Crippen LogP contribution in [0.1, 0.15) is 21.6 Å². The number of aromatic nitrogens is 2. The van der Waals surface area contributed by atoms with Crippen LogP contribution in [0, 0.1) is 6.92 Å². The minimum Gasteiger partial charge on any atom is -0.486 e. The van der Waals surface area contributed by atoms with Crippen molar-refractivity contribution < 1.29 is 19.1 Å². The molecule has 0 spiro atoms. The molecule has 0 saturated heterocycles. The Kier molecular flexibility index (Phi) is 5.90. The molecule has 0 fully saturated rings. The van der Waals surface area contributed by atoms with Gasteiger partial charge >= 0.3 is 0 Å². The van der Waals surface area contributed by atoms with E-state index in [9.17, 15) is 9.59 Å². The number of amides is 2. The van der Waals surface area contributed by atoms with Crippen LogP contribution in [0.2, 0.25) is 5.15 Å². The van der Waals surface area contributed by atoms with Crippen molar-refractivity contribution in [2.24, 2.45) is 0 Å². The van der Waals surface area contributed by atoms with Crippen molar-refractivity contribution in [3.05, 3.63) is 76.6 Å². The molecule has 0 radical (unpaired) electrons. The molecule has 0 bridgehead atoms. The van der Waals surface area contributed by atoms with Gasteiger partial charge in [-0.1, -0.05) is 29.8 Å². The largest absolute Gasteiger partial charge is 0.486 e. The molecule has 0 atom stereocenters. The monoisotopic (exact) mass is 438 g/mol. The number of nitrogens with zero attached hydrogens (tertiary/aromatic N) is 2. The second-order valence-electron chi connectivity index (χ2n) is 6.67. The molecule has 0 saturated carbocycles. The molecule has 158 valence electrons. The highest BCUT2D eigenvalue weighted by atomic mass is 35.5. The summed E-state index contributed by atoms with van der Waals surface area (Å²) in [5, 5.41) is 4.80. The number of ether oxygens (including phenoxy) is 2. The van der Waals surface area contributed by atoms with Crippen molar-refractivity contribution in [3.63, 3.8) is 0 Å². The zero-order valence-electron chi connectivity index (χ0n) is 16.6. The summed E-state index contributed by atoms with van der Waals surface area (Å²) in [7, 11) is 0. The van der Waals surface area contributed by atoms with Crippen LogP contribution in [-0.2, 0) is 4.79 Å². The third-order valence-electron chi connectivity index (χ3n) is 4.55. The number of halogens is 1. The van der Waals surface area contributed by atoms with Gasteiger partial charge in [0, 0.05) is 17.2 Å². The molecule has 2 heterocycles. The van der Waals surface area contributed by atoms with Gasteiger partial charge in [-0.05, 0) is 43.3 Å². The van der Waals surface area contributed by atoms with Gasteiger partial charge < -0.3 is 9.47 Å². The molecule has 0 unspecified atom stereocenters. The maximum atomic E-state index is 12.3. The number of benzene rings is 2. The van der Waals surface area contributed by atoms with Crippen LogP contribution in [-0.4, -0.2) is 34.8 Å². The van der Waals surface area contributed by atoms with Crippen molar-refractivity contribution in [3.8, 4) is 17.2 Å². The van der Waals surface area contributed by atoms with Crippen LogP contribution in [0.4, 0.5) is 0 Å². The standard InChI is InChI=1S/C22H19ClN4O4/c1-14-17(21(23)27(26-14)16-5-3-2-4-6-16)8-10-20(28)24-25-22(29)15-7-9-18-19(13-15)31-12-11-30-18/h2-10,13H,11-12H2,1H3,(H,24,28)(H,25,29)/b10-8+. The van der Waals surface area contributed by atoms with Crippen LogP contribution in [0.15, 0.2) is 54.6 Å². The van der Waals surface area contributed by atoms with Crippen LogP contribution < -0.4 is 20.3 Å². The average molecular weight is 439 g/mol. The van der Waals surface area contributed by atoms with E-state index in [0.29, 0.717) is 46.7 Å². The Labute approximate surface area is 183 Å². The highest BCUT2D eigenvalue weighted by Crippen LogP contribution is 2.30. The lowest BCUT2D eigenvalue weighted by Gasteiger charge is -2.18. The topological polar surface area (TPSA) is 94.5 Å². The molecule has 0 aliphatic carbocycles. The summed E-state index contributed by atoms with van der Waals surface area (Å²) in [4.78, 5) is 24.5. The Hall–Kier alpha value is -3.78. The van der Waals surface area contributed by atoms with E-state index in [4.69, 9.17) is 21.1 Å². The maximum absolute atomic E-state index is 12.3. The van der Waals surface area contributed by atoms with Crippen LogP contribution in [0.3, 0.4) is 0 Å². The molecular formula is C22H19ClN4O4. The van der Waals surface area contributed by atoms with Crippen molar-refractivity contribution in [1.29, 1.82) is 0 Å². The molecular weight excluding hydrogens is 420 g/mol. The summed E-state index contributed by atoms with van der Waals surface area (Å²) in [6.07, 6.45) is 2.82. The number of carbonyl (C=O) groups excluding carboxylic acids is 2. The number of nitrogens with one attached hydrogen (secondary N) is 2. The minimum atomic E-state index is -0.520. The predicted octanol–water partition coefficient (Wildman–Crippen LogP) is 3.08. The van der Waals surface area contributed by atoms with E-state index in [0.717, 1.165) is 5.69 Å². The third kappa shape index (κ3) is 4.54. The number of carbonyl (C=O) groups is 2. The fourth-order valence-corrected chi connectivity index (χ4v) is 3.35. The van der Waals surface area contributed by atoms with Gasteiger partial charge in [0.1, 0.15) is 18.4 Å². The van der Waals surface area contributed by atoms with Gasteiger partial charge in [-0.3, -0.25) is 20.4 Å². The highest BCUT2D eigenvalue weighted by Gasteiger charge is 2.16. The first kappa shape index (κ1) is 20.5. The van der Waals surface area contributed by atoms with Crippen molar-refractivity contribution in [2.45, 2.75) is 6.92 Å². The molecule has 1 aromatic heterocycles. The number of hydrogen-bond acceptors (Lipinski definition) is 5. The molecule has 1 aliphatic rings. The maximum Gasteiger partial charge on any atom is 0.269 e. The first-order valence-corrected chi connectivity index (χ1v) is 9.89. The lowest BCUT2D eigenvalue weighted by molar-refractivity contribution is -0.117. The van der Waals surface area contributed by atoms with E-state index < -0.39 is 11.8 Å². The molecule has 4 rings (SSSR count). The summed E-state index contributed by atoms with van der Waals surface area (Å²) in [5.74, 6) is 0.0717. The average Bonchev–Trinajstić information content (AvgIpc) is 3.09. The van der Waals surface area contributed by atoms with Gasteiger partial charge in [0.05, 0.1) is 11.4 Å². The highest BCUT2D eigenvalue weighted by molar-refractivity contribution is 6.31. The summed E-state index contributed by atoms with van der Waals surface area (Å²) in [6.45, 7) is 2.68. The number of hydrazine groups is 1. The van der Waals surface area contributed by atoms with Gasteiger partial charge in [0.15, 0.2) is 11.5 Å². The first-order valence-electron chi connectivity index (χ1n) is 9.51. The Balaban J connectivity index is 1.39. The van der Waals surface area contributed by atoms with E-state index in [1.54, 1.807) is 35.9 Å². The SMILES string of the molecule is Cc1nn(-c2ccccc2)c(Cl)c1/C=C/C(=O)NNC(=O)c1ccc2c(c1)OCCO2. The van der Waals surface area contributed by atoms with Gasteiger partial charge in [-0.25, -0.2) is 4.68 Å². The summed E-state index contributed by atoms with van der Waals surface area (Å²) < 4.78 is 12.5. The third-order valence-corrected chi connectivity index (χ3v) is 4.92. The molecule has 31 heavy (non-hydrogen) atoms. The van der Waals surface area contributed by atoms with Crippen LogP contribution in [0.5, 0.6) is 11.5 Å². The number of para-hydroxylation sites is 1. The van der Waals surface area contributed by atoms with E-state index in [1.165, 1.54) is 6.08 Å². The van der Waals surface area contributed by atoms with Crippen molar-refractivity contribution in [1.82, 2.24) is 20.6 Å². The molecule has 2 amide bonds. The smallest absolute Gasteiger partial charge is 0.269 e. The first-order chi connectivity index (χ1) is 15.0. The van der Waals surface area contributed by atoms with E-state index in [-0.39, 0.29) is 0 Å². The Morgan fingerprint density at radius 1 is 1.06 bits per heavy atom. The van der Waals surface area contributed by atoms with Gasteiger partial charge in [0.2, 0.25) is 0 Å². The molecule has 1 aliphatic heterocycles. The molecule has 3 aromatic rings. The predicted molar refractivity (Wildman–Crippen MR) is 115 cm³/mol. The van der Waals surface area contributed by atoms with E-state index in [1.807, 2.05) is 30.3 Å². The molecule has 2 aromatic carbocycles. The second-order valence-corrected chi connectivity index (χ2v) is 7.03. The van der Waals surface area contributed by atoms with Crippen LogP contribution in [0.25, 0.3) is 11.8 Å². The van der Waals surface area contributed by atoms with Crippen molar-refractivity contribution >= 4 is 29.5 Å². The zero-order chi connectivity index (χ0) is 21.8.